The number of aliphatic hydroxyl groups is 1. The van der Waals surface area contributed by atoms with E-state index < -0.39 is 23.7 Å². The molecule has 3 N–H and O–H groups in total. The van der Waals surface area contributed by atoms with Gasteiger partial charge in [-0.15, -0.1) is 11.8 Å². The zero-order valence-corrected chi connectivity index (χ0v) is 17.8. The maximum atomic E-state index is 15.0. The first kappa shape index (κ1) is 21.1. The third kappa shape index (κ3) is 3.71. The third-order valence-corrected chi connectivity index (χ3v) is 8.38. The molecule has 1 amide bonds. The number of carboxylic acids is 1. The topological polar surface area (TPSA) is 93.1 Å². The van der Waals surface area contributed by atoms with Crippen molar-refractivity contribution >= 4 is 23.6 Å². The zero-order valence-electron chi connectivity index (χ0n) is 16.9. The van der Waals surface area contributed by atoms with Crippen molar-refractivity contribution in [3.63, 3.8) is 0 Å². The molecule has 4 aliphatic rings. The summed E-state index contributed by atoms with van der Waals surface area (Å²) in [5, 5.41) is 23.1. The minimum Gasteiger partial charge on any atom is -0.477 e. The van der Waals surface area contributed by atoms with E-state index in [0.717, 1.165) is 24.4 Å². The minimum atomic E-state index is -1.14. The van der Waals surface area contributed by atoms with Gasteiger partial charge in [-0.3, -0.25) is 9.69 Å². The van der Waals surface area contributed by atoms with Crippen LogP contribution in [0.3, 0.4) is 0 Å². The van der Waals surface area contributed by atoms with E-state index in [9.17, 15) is 19.8 Å². The SMILES string of the molecule is CC(O)[C@H]1C(=O)N2C(C(=O)O)=C(S[C@@H]3CCN(CC4(F)CCNCC4)C3)[C@H](C)[C@H]12. The van der Waals surface area contributed by atoms with Crippen molar-refractivity contribution in [2.24, 2.45) is 11.8 Å². The van der Waals surface area contributed by atoms with E-state index in [1.807, 2.05) is 6.92 Å². The maximum absolute atomic E-state index is 15.0. The Morgan fingerprint density at radius 2 is 2.10 bits per heavy atom. The molecule has 0 bridgehead atoms. The molecule has 9 heteroatoms. The normalized spacial score (nSPS) is 35.6. The van der Waals surface area contributed by atoms with Gasteiger partial charge in [-0.1, -0.05) is 6.92 Å². The van der Waals surface area contributed by atoms with Crippen LogP contribution in [0, 0.1) is 11.8 Å². The second-order valence-corrected chi connectivity index (χ2v) is 10.3. The number of rotatable bonds is 6. The summed E-state index contributed by atoms with van der Waals surface area (Å²) >= 11 is 1.53. The van der Waals surface area contributed by atoms with Crippen molar-refractivity contribution < 1.29 is 24.2 Å². The van der Waals surface area contributed by atoms with E-state index in [4.69, 9.17) is 0 Å². The first-order valence-electron chi connectivity index (χ1n) is 10.5. The fourth-order valence-corrected chi connectivity index (χ4v) is 6.85. The van der Waals surface area contributed by atoms with Crippen molar-refractivity contribution in [2.45, 2.75) is 56.2 Å². The van der Waals surface area contributed by atoms with Crippen LogP contribution in [0.1, 0.15) is 33.1 Å². The number of nitrogens with one attached hydrogen (secondary N) is 1. The number of halogens is 1. The van der Waals surface area contributed by atoms with Crippen molar-refractivity contribution in [3.05, 3.63) is 10.6 Å². The Labute approximate surface area is 174 Å². The number of piperidine rings is 1. The van der Waals surface area contributed by atoms with Gasteiger partial charge in [0.15, 0.2) is 0 Å². The minimum absolute atomic E-state index is 0.0770. The molecule has 4 aliphatic heterocycles. The second kappa shape index (κ2) is 7.83. The Morgan fingerprint density at radius 1 is 1.41 bits per heavy atom. The largest absolute Gasteiger partial charge is 0.477 e. The Kier molecular flexibility index (Phi) is 5.69. The van der Waals surface area contributed by atoms with Gasteiger partial charge in [0.1, 0.15) is 11.4 Å². The van der Waals surface area contributed by atoms with Gasteiger partial charge < -0.3 is 20.4 Å². The Balaban J connectivity index is 1.44. The molecule has 4 rings (SSSR count). The van der Waals surface area contributed by atoms with Gasteiger partial charge in [-0.2, -0.15) is 0 Å². The quantitative estimate of drug-likeness (QED) is 0.546. The van der Waals surface area contributed by atoms with Gasteiger partial charge in [0, 0.05) is 29.2 Å². The van der Waals surface area contributed by atoms with Gasteiger partial charge in [0.05, 0.1) is 18.1 Å². The maximum Gasteiger partial charge on any atom is 0.353 e. The van der Waals surface area contributed by atoms with Crippen LogP contribution in [-0.4, -0.2) is 87.7 Å². The summed E-state index contributed by atoms with van der Waals surface area (Å²) in [7, 11) is 0. The predicted octanol–water partition coefficient (Wildman–Crippen LogP) is 1.04. The molecule has 162 valence electrons. The summed E-state index contributed by atoms with van der Waals surface area (Å²) in [6.07, 6.45) is 1.15. The van der Waals surface area contributed by atoms with Crippen LogP contribution in [0.4, 0.5) is 4.39 Å². The van der Waals surface area contributed by atoms with E-state index >= 15 is 4.39 Å². The molecule has 0 aromatic heterocycles. The molecule has 0 spiro atoms. The number of hydrogen-bond donors (Lipinski definition) is 3. The summed E-state index contributed by atoms with van der Waals surface area (Å²) in [6, 6.07) is -0.280. The van der Waals surface area contributed by atoms with E-state index in [-0.39, 0.29) is 28.8 Å². The number of β-lactam (4-membered cyclic amide) rings is 1. The number of hydrogen-bond acceptors (Lipinski definition) is 6. The molecule has 0 saturated carbocycles. The highest BCUT2D eigenvalue weighted by Crippen LogP contribution is 2.52. The number of amides is 1. The molecule has 3 saturated heterocycles. The number of carboxylic acid groups (broad SMARTS) is 1. The number of nitrogens with zero attached hydrogens (tertiary/aromatic N) is 2. The molecule has 0 aliphatic carbocycles. The first-order valence-corrected chi connectivity index (χ1v) is 11.4. The average Bonchev–Trinajstić information content (AvgIpc) is 3.16. The highest BCUT2D eigenvalue weighted by molar-refractivity contribution is 8.03. The Hall–Kier alpha value is -1.16. The van der Waals surface area contributed by atoms with Crippen molar-refractivity contribution in [3.8, 4) is 0 Å². The predicted molar refractivity (Wildman–Crippen MR) is 108 cm³/mol. The molecule has 29 heavy (non-hydrogen) atoms. The number of carbonyl (C=O) groups is 2. The average molecular weight is 428 g/mol. The van der Waals surface area contributed by atoms with E-state index in [2.05, 4.69) is 10.2 Å². The van der Waals surface area contributed by atoms with Gasteiger partial charge in [-0.25, -0.2) is 9.18 Å². The van der Waals surface area contributed by atoms with Gasteiger partial charge in [0.2, 0.25) is 5.91 Å². The standard InChI is InChI=1S/C20H30FN3O4S/c1-11-15-14(12(2)25)18(26)24(15)16(19(27)28)17(11)29-13-3-8-23(9-13)10-20(21)4-6-22-7-5-20/h11-15,22,25H,3-10H2,1-2H3,(H,27,28)/t11-,12?,13-,14-,15-/m1/s1. The van der Waals surface area contributed by atoms with Crippen molar-refractivity contribution in [1.29, 1.82) is 0 Å². The molecule has 0 radical (unpaired) electrons. The van der Waals surface area contributed by atoms with E-state index in [0.29, 0.717) is 32.5 Å². The smallest absolute Gasteiger partial charge is 0.353 e. The van der Waals surface area contributed by atoms with Crippen molar-refractivity contribution in [2.75, 3.05) is 32.7 Å². The Morgan fingerprint density at radius 3 is 2.72 bits per heavy atom. The van der Waals surface area contributed by atoms with E-state index in [1.165, 1.54) is 16.7 Å². The number of likely N-dealkylation sites (tertiary alicyclic amines) is 1. The highest BCUT2D eigenvalue weighted by Gasteiger charge is 2.60. The van der Waals surface area contributed by atoms with Crippen LogP contribution in [0.2, 0.25) is 0 Å². The lowest BCUT2D eigenvalue weighted by Gasteiger charge is -2.46. The van der Waals surface area contributed by atoms with E-state index in [1.54, 1.807) is 6.92 Å². The van der Waals surface area contributed by atoms with Crippen LogP contribution in [0.5, 0.6) is 0 Å². The number of aliphatic carboxylic acids is 1. The molecule has 5 atom stereocenters. The molecule has 0 aromatic rings. The number of thioether (sulfide) groups is 1. The molecule has 0 aromatic carbocycles. The number of alkyl halides is 1. The summed E-state index contributed by atoms with van der Waals surface area (Å²) < 4.78 is 15.0. The van der Waals surface area contributed by atoms with Crippen LogP contribution in [-0.2, 0) is 9.59 Å². The lowest BCUT2D eigenvalue weighted by Crippen LogP contribution is -2.63. The lowest BCUT2D eigenvalue weighted by molar-refractivity contribution is -0.163. The molecule has 3 fully saturated rings. The fraction of sp³-hybridized carbons (Fsp3) is 0.800. The van der Waals surface area contributed by atoms with Gasteiger partial charge in [-0.05, 0) is 45.8 Å². The fourth-order valence-electron chi connectivity index (χ4n) is 5.33. The van der Waals surface area contributed by atoms with Gasteiger partial charge >= 0.3 is 5.97 Å². The molecular formula is C20H30FN3O4S. The number of aliphatic hydroxyl groups excluding tert-OH is 1. The zero-order chi connectivity index (χ0) is 20.9. The Bertz CT molecular complexity index is 725. The molecule has 7 nitrogen and oxygen atoms in total. The number of carbonyl (C=O) groups excluding carboxylic acids is 1. The number of fused-ring (bicyclic) bond motifs is 1. The molecule has 1 unspecified atom stereocenters. The van der Waals surface area contributed by atoms with Crippen LogP contribution in [0.25, 0.3) is 0 Å². The lowest BCUT2D eigenvalue weighted by atomic mass is 9.79. The monoisotopic (exact) mass is 427 g/mol. The summed E-state index contributed by atoms with van der Waals surface area (Å²) in [5.74, 6) is -2.05. The summed E-state index contributed by atoms with van der Waals surface area (Å²) in [5.41, 5.74) is -1.06. The first-order chi connectivity index (χ1) is 13.7. The highest BCUT2D eigenvalue weighted by atomic mass is 32.2. The second-order valence-electron chi connectivity index (χ2n) is 8.94. The third-order valence-electron chi connectivity index (χ3n) is 6.84. The van der Waals surface area contributed by atoms with Crippen LogP contribution < -0.4 is 5.32 Å². The molecule has 4 heterocycles. The summed E-state index contributed by atoms with van der Waals surface area (Å²) in [4.78, 5) is 28.6. The van der Waals surface area contributed by atoms with Crippen LogP contribution >= 0.6 is 11.8 Å². The summed E-state index contributed by atoms with van der Waals surface area (Å²) in [6.45, 7) is 6.92. The van der Waals surface area contributed by atoms with Crippen molar-refractivity contribution in [1.82, 2.24) is 15.1 Å². The molecular weight excluding hydrogens is 397 g/mol. The van der Waals surface area contributed by atoms with Gasteiger partial charge in [0.25, 0.3) is 0 Å². The van der Waals surface area contributed by atoms with Crippen LogP contribution in [0.15, 0.2) is 10.6 Å².